The van der Waals surface area contributed by atoms with Crippen LogP contribution >= 0.6 is 0 Å². The Kier molecular flexibility index (Phi) is 5.23. The lowest BCUT2D eigenvalue weighted by atomic mass is 9.70. The lowest BCUT2D eigenvalue weighted by molar-refractivity contribution is 0.194. The number of rotatable bonds is 2. The van der Waals surface area contributed by atoms with Crippen molar-refractivity contribution in [1.82, 2.24) is 9.55 Å². The average Bonchev–Trinajstić information content (AvgIpc) is 3.08. The molecular formula is C29H35N3O. The van der Waals surface area contributed by atoms with Crippen LogP contribution in [0.2, 0.25) is 0 Å². The summed E-state index contributed by atoms with van der Waals surface area (Å²) in [6.07, 6.45) is 3.46. The number of anilines is 1. The zero-order valence-electron chi connectivity index (χ0n) is 20.8. The Labute approximate surface area is 197 Å². The third-order valence-electron chi connectivity index (χ3n) is 8.76. The van der Waals surface area contributed by atoms with Crippen molar-refractivity contribution < 1.29 is 0 Å². The molecule has 1 aliphatic heterocycles. The molecular weight excluding hydrogens is 406 g/mol. The van der Waals surface area contributed by atoms with Crippen molar-refractivity contribution in [2.75, 3.05) is 18.0 Å². The fraction of sp³-hybridized carbons (Fsp3) is 0.448. The minimum absolute atomic E-state index is 0.0470. The highest BCUT2D eigenvalue weighted by molar-refractivity contribution is 5.52. The first-order chi connectivity index (χ1) is 15.7. The highest BCUT2D eigenvalue weighted by Gasteiger charge is 2.45. The van der Waals surface area contributed by atoms with Gasteiger partial charge in [0.2, 0.25) is 0 Å². The summed E-state index contributed by atoms with van der Waals surface area (Å²) in [5.74, 6) is 2.22. The Morgan fingerprint density at radius 3 is 2.30 bits per heavy atom. The summed E-state index contributed by atoms with van der Waals surface area (Å²) < 4.78 is 1.79. The third-order valence-corrected chi connectivity index (χ3v) is 8.76. The van der Waals surface area contributed by atoms with Crippen LogP contribution in [0.25, 0.3) is 5.69 Å². The number of aromatic nitrogens is 2. The molecule has 2 heterocycles. The Balaban J connectivity index is 1.44. The van der Waals surface area contributed by atoms with Crippen molar-refractivity contribution in [2.45, 2.75) is 66.7 Å². The fourth-order valence-corrected chi connectivity index (χ4v) is 6.23. The maximum absolute atomic E-state index is 13.5. The van der Waals surface area contributed by atoms with E-state index < -0.39 is 0 Å². The van der Waals surface area contributed by atoms with Crippen LogP contribution in [0.4, 0.5) is 5.82 Å². The molecule has 2 aromatic carbocycles. The van der Waals surface area contributed by atoms with Crippen LogP contribution in [0.15, 0.2) is 41.2 Å². The van der Waals surface area contributed by atoms with E-state index in [4.69, 9.17) is 4.98 Å². The van der Waals surface area contributed by atoms with E-state index in [2.05, 4.69) is 69.0 Å². The lowest BCUT2D eigenvalue weighted by Crippen LogP contribution is -2.43. The summed E-state index contributed by atoms with van der Waals surface area (Å²) in [4.78, 5) is 20.9. The van der Waals surface area contributed by atoms with Gasteiger partial charge in [-0.25, -0.2) is 4.98 Å². The minimum Gasteiger partial charge on any atom is -0.356 e. The summed E-state index contributed by atoms with van der Waals surface area (Å²) >= 11 is 0. The van der Waals surface area contributed by atoms with Crippen molar-refractivity contribution >= 4 is 5.82 Å². The molecule has 1 aromatic heterocycles. The monoisotopic (exact) mass is 441 g/mol. The average molecular weight is 442 g/mol. The molecule has 1 atom stereocenters. The normalized spacial score (nSPS) is 19.2. The molecule has 1 spiro atoms. The minimum atomic E-state index is 0.0470. The number of hydrogen-bond acceptors (Lipinski definition) is 3. The second kappa shape index (κ2) is 7.86. The van der Waals surface area contributed by atoms with Gasteiger partial charge < -0.3 is 4.90 Å². The first-order valence-corrected chi connectivity index (χ1v) is 12.2. The lowest BCUT2D eigenvalue weighted by Gasteiger charge is -2.43. The quantitative estimate of drug-likeness (QED) is 0.510. The van der Waals surface area contributed by atoms with Crippen molar-refractivity contribution in [3.8, 4) is 5.69 Å². The highest BCUT2D eigenvalue weighted by atomic mass is 16.1. The van der Waals surface area contributed by atoms with Crippen LogP contribution < -0.4 is 10.5 Å². The van der Waals surface area contributed by atoms with Gasteiger partial charge in [-0.2, -0.15) is 0 Å². The molecule has 3 aromatic rings. The number of piperidine rings is 1. The summed E-state index contributed by atoms with van der Waals surface area (Å²) in [7, 11) is 0. The molecule has 0 bridgehead atoms. The SMILES string of the molecule is Cc1ccc(-n2c(C)nc(N3CCC4(CC3)Cc3ccccc3[C@H]4C)c(C)c2=O)c(C)c1C. The first-order valence-electron chi connectivity index (χ1n) is 12.2. The van der Waals surface area contributed by atoms with Crippen LogP contribution in [0.5, 0.6) is 0 Å². The Hall–Kier alpha value is -2.88. The maximum atomic E-state index is 13.5. The second-order valence-electron chi connectivity index (χ2n) is 10.3. The molecule has 1 saturated heterocycles. The van der Waals surface area contributed by atoms with Crippen molar-refractivity contribution in [3.63, 3.8) is 0 Å². The van der Waals surface area contributed by atoms with Crippen molar-refractivity contribution in [1.29, 1.82) is 0 Å². The topological polar surface area (TPSA) is 38.1 Å². The number of nitrogens with zero attached hydrogens (tertiary/aromatic N) is 3. The van der Waals surface area contributed by atoms with E-state index in [1.807, 2.05) is 13.8 Å². The van der Waals surface area contributed by atoms with Crippen LogP contribution in [0, 0.1) is 40.0 Å². The van der Waals surface area contributed by atoms with Crippen LogP contribution in [0.3, 0.4) is 0 Å². The van der Waals surface area contributed by atoms with Crippen LogP contribution in [0.1, 0.15) is 64.9 Å². The van der Waals surface area contributed by atoms with Gasteiger partial charge in [0.05, 0.1) is 11.3 Å². The van der Waals surface area contributed by atoms with Gasteiger partial charge >= 0.3 is 0 Å². The Bertz CT molecular complexity index is 1290. The van der Waals surface area contributed by atoms with E-state index in [0.29, 0.717) is 11.3 Å². The molecule has 172 valence electrons. The predicted molar refractivity (Wildman–Crippen MR) is 136 cm³/mol. The predicted octanol–water partition coefficient (Wildman–Crippen LogP) is 5.72. The largest absolute Gasteiger partial charge is 0.356 e. The Morgan fingerprint density at radius 2 is 1.61 bits per heavy atom. The fourth-order valence-electron chi connectivity index (χ4n) is 6.23. The standard InChI is InChI=1S/C29H35N3O/c1-18-11-12-26(20(3)19(18)2)32-23(6)30-27(21(4)28(32)33)31-15-13-29(14-16-31)17-24-9-7-8-10-25(24)22(29)5/h7-12,22H,13-17H2,1-6H3/t22-/m1/s1. The van der Waals surface area contributed by atoms with Crippen molar-refractivity contribution in [3.05, 3.63) is 86.0 Å². The number of aryl methyl sites for hydroxylation is 2. The third kappa shape index (κ3) is 3.34. The van der Waals surface area contributed by atoms with Gasteiger partial charge in [0.15, 0.2) is 0 Å². The smallest absolute Gasteiger partial charge is 0.263 e. The molecule has 1 fully saturated rings. The van der Waals surface area contributed by atoms with Crippen molar-refractivity contribution in [2.24, 2.45) is 5.41 Å². The molecule has 33 heavy (non-hydrogen) atoms. The summed E-state index contributed by atoms with van der Waals surface area (Å²) in [6, 6.07) is 13.1. The van der Waals surface area contributed by atoms with Gasteiger partial charge in [-0.1, -0.05) is 37.3 Å². The van der Waals surface area contributed by atoms with E-state index in [9.17, 15) is 4.79 Å². The zero-order valence-corrected chi connectivity index (χ0v) is 20.8. The van der Waals surface area contributed by atoms with Crippen LogP contribution in [-0.4, -0.2) is 22.6 Å². The molecule has 4 heteroatoms. The maximum Gasteiger partial charge on any atom is 0.263 e. The van der Waals surface area contributed by atoms with Gasteiger partial charge in [-0.15, -0.1) is 0 Å². The molecule has 4 nitrogen and oxygen atoms in total. The van der Waals surface area contributed by atoms with Gasteiger partial charge in [0.25, 0.3) is 5.56 Å². The van der Waals surface area contributed by atoms with E-state index in [1.54, 1.807) is 4.57 Å². The van der Waals surface area contributed by atoms with Gasteiger partial charge in [-0.05, 0) is 99.1 Å². The molecule has 2 aliphatic rings. The number of hydrogen-bond donors (Lipinski definition) is 0. The van der Waals surface area contributed by atoms with Gasteiger partial charge in [0.1, 0.15) is 11.6 Å². The number of fused-ring (bicyclic) bond motifs is 1. The van der Waals surface area contributed by atoms with Crippen LogP contribution in [-0.2, 0) is 6.42 Å². The molecule has 0 radical (unpaired) electrons. The van der Waals surface area contributed by atoms with E-state index >= 15 is 0 Å². The zero-order chi connectivity index (χ0) is 23.5. The molecule has 0 saturated carbocycles. The van der Waals surface area contributed by atoms with Gasteiger partial charge in [-0.3, -0.25) is 9.36 Å². The molecule has 5 rings (SSSR count). The summed E-state index contributed by atoms with van der Waals surface area (Å²) in [5.41, 5.74) is 8.75. The van der Waals surface area contributed by atoms with Gasteiger partial charge in [0, 0.05) is 13.1 Å². The first kappa shape index (κ1) is 21.9. The molecule has 0 N–H and O–H groups in total. The molecule has 0 amide bonds. The molecule has 1 aliphatic carbocycles. The Morgan fingerprint density at radius 1 is 0.909 bits per heavy atom. The summed E-state index contributed by atoms with van der Waals surface area (Å²) in [6.45, 7) is 14.5. The van der Waals surface area contributed by atoms with E-state index in [0.717, 1.165) is 54.4 Å². The number of benzene rings is 2. The summed E-state index contributed by atoms with van der Waals surface area (Å²) in [5, 5.41) is 0. The second-order valence-corrected chi connectivity index (χ2v) is 10.3. The molecule has 0 unspecified atom stereocenters. The van der Waals surface area contributed by atoms with E-state index in [-0.39, 0.29) is 5.56 Å². The van der Waals surface area contributed by atoms with E-state index in [1.165, 1.54) is 28.7 Å². The highest BCUT2D eigenvalue weighted by Crippen LogP contribution is 2.53.